The van der Waals surface area contributed by atoms with Gasteiger partial charge < -0.3 is 4.74 Å². The number of likely N-dealkylation sites (tertiary alicyclic amines) is 1. The summed E-state index contributed by atoms with van der Waals surface area (Å²) in [6.45, 7) is 7.67. The molecule has 102 valence electrons. The van der Waals surface area contributed by atoms with Crippen molar-refractivity contribution < 1.29 is 4.74 Å². The lowest BCUT2D eigenvalue weighted by Crippen LogP contribution is -2.40. The first-order valence-electron chi connectivity index (χ1n) is 7.09. The summed E-state index contributed by atoms with van der Waals surface area (Å²) in [6, 6.07) is 4.10. The van der Waals surface area contributed by atoms with Crippen LogP contribution in [0.15, 0.2) is 18.3 Å². The molecule has 0 bridgehead atoms. The third kappa shape index (κ3) is 2.45. The van der Waals surface area contributed by atoms with Gasteiger partial charge in [0, 0.05) is 17.5 Å². The van der Waals surface area contributed by atoms with Crippen LogP contribution in [0, 0.1) is 6.92 Å². The number of hydrogen-bond acceptors (Lipinski definition) is 3. The van der Waals surface area contributed by atoms with Crippen molar-refractivity contribution in [1.82, 2.24) is 15.1 Å². The summed E-state index contributed by atoms with van der Waals surface area (Å²) in [4.78, 5) is 2.46. The third-order valence-corrected chi connectivity index (χ3v) is 4.05. The Morgan fingerprint density at radius 2 is 2.37 bits per heavy atom. The van der Waals surface area contributed by atoms with Gasteiger partial charge in [-0.15, -0.1) is 0 Å². The summed E-state index contributed by atoms with van der Waals surface area (Å²) in [6.07, 6.45) is 4.57. The van der Waals surface area contributed by atoms with Crippen molar-refractivity contribution >= 4 is 10.9 Å². The second kappa shape index (κ2) is 5.21. The number of ether oxygens (including phenoxy) is 1. The van der Waals surface area contributed by atoms with Crippen LogP contribution in [0.3, 0.4) is 0 Å². The van der Waals surface area contributed by atoms with Crippen molar-refractivity contribution in [2.24, 2.45) is 0 Å². The van der Waals surface area contributed by atoms with Gasteiger partial charge in [-0.25, -0.2) is 0 Å². The second-order valence-electron chi connectivity index (χ2n) is 5.30. The normalized spacial score (nSPS) is 20.8. The largest absolute Gasteiger partial charge is 0.489 e. The summed E-state index contributed by atoms with van der Waals surface area (Å²) >= 11 is 0. The number of benzene rings is 1. The molecule has 0 radical (unpaired) electrons. The van der Waals surface area contributed by atoms with Gasteiger partial charge in [-0.1, -0.05) is 6.92 Å². The van der Waals surface area contributed by atoms with Gasteiger partial charge in [-0.05, 0) is 45.0 Å². The number of piperidine rings is 1. The predicted molar refractivity (Wildman–Crippen MR) is 76.6 cm³/mol. The van der Waals surface area contributed by atoms with Crippen molar-refractivity contribution in [3.63, 3.8) is 0 Å². The van der Waals surface area contributed by atoms with Gasteiger partial charge in [-0.3, -0.25) is 10.00 Å². The van der Waals surface area contributed by atoms with Gasteiger partial charge in [-0.2, -0.15) is 5.10 Å². The maximum Gasteiger partial charge on any atom is 0.123 e. The Morgan fingerprint density at radius 1 is 1.47 bits per heavy atom. The van der Waals surface area contributed by atoms with E-state index in [1.807, 2.05) is 12.3 Å². The first kappa shape index (κ1) is 12.5. The highest BCUT2D eigenvalue weighted by Crippen LogP contribution is 2.28. The Bertz CT molecular complexity index is 564. The van der Waals surface area contributed by atoms with E-state index in [0.717, 1.165) is 36.2 Å². The molecule has 2 heterocycles. The summed E-state index contributed by atoms with van der Waals surface area (Å²) in [5.41, 5.74) is 2.25. The fourth-order valence-corrected chi connectivity index (χ4v) is 2.84. The van der Waals surface area contributed by atoms with E-state index < -0.39 is 0 Å². The predicted octanol–water partition coefficient (Wildman–Crippen LogP) is 2.73. The molecule has 1 aliphatic rings. The SMILES string of the molecule is CCN1CCCC(Oc2ccc3[nH]ncc3c2C)C1. The molecule has 0 spiro atoms. The average Bonchev–Trinajstić information content (AvgIpc) is 2.91. The van der Waals surface area contributed by atoms with E-state index in [0.29, 0.717) is 6.10 Å². The minimum absolute atomic E-state index is 0.316. The zero-order valence-electron chi connectivity index (χ0n) is 11.6. The number of aromatic nitrogens is 2. The van der Waals surface area contributed by atoms with Crippen LogP contribution in [-0.2, 0) is 0 Å². The Hall–Kier alpha value is -1.55. The second-order valence-corrected chi connectivity index (χ2v) is 5.30. The van der Waals surface area contributed by atoms with Crippen LogP contribution in [0.1, 0.15) is 25.3 Å². The van der Waals surface area contributed by atoms with Crippen LogP contribution in [0.5, 0.6) is 5.75 Å². The topological polar surface area (TPSA) is 41.1 Å². The molecule has 1 unspecified atom stereocenters. The molecule has 1 saturated heterocycles. The first-order chi connectivity index (χ1) is 9.28. The van der Waals surface area contributed by atoms with Gasteiger partial charge in [0.15, 0.2) is 0 Å². The van der Waals surface area contributed by atoms with E-state index in [2.05, 4.69) is 35.0 Å². The van der Waals surface area contributed by atoms with E-state index in [4.69, 9.17) is 4.74 Å². The van der Waals surface area contributed by atoms with Crippen LogP contribution in [0.25, 0.3) is 10.9 Å². The number of fused-ring (bicyclic) bond motifs is 1. The minimum Gasteiger partial charge on any atom is -0.489 e. The summed E-state index contributed by atoms with van der Waals surface area (Å²) in [7, 11) is 0. The lowest BCUT2D eigenvalue weighted by atomic mass is 10.1. The van der Waals surface area contributed by atoms with Crippen molar-refractivity contribution in [1.29, 1.82) is 0 Å². The molecule has 1 fully saturated rings. The van der Waals surface area contributed by atoms with Crippen LogP contribution >= 0.6 is 0 Å². The first-order valence-corrected chi connectivity index (χ1v) is 7.09. The smallest absolute Gasteiger partial charge is 0.123 e. The monoisotopic (exact) mass is 259 g/mol. The van der Waals surface area contributed by atoms with E-state index >= 15 is 0 Å². The van der Waals surface area contributed by atoms with E-state index in [9.17, 15) is 0 Å². The number of likely N-dealkylation sites (N-methyl/N-ethyl adjacent to an activating group) is 1. The molecule has 3 rings (SSSR count). The lowest BCUT2D eigenvalue weighted by Gasteiger charge is -2.32. The number of aromatic amines is 1. The Labute approximate surface area is 113 Å². The molecule has 0 aliphatic carbocycles. The number of hydrogen-bond donors (Lipinski definition) is 1. The highest BCUT2D eigenvalue weighted by atomic mass is 16.5. The average molecular weight is 259 g/mol. The van der Waals surface area contributed by atoms with Gasteiger partial charge in [0.1, 0.15) is 11.9 Å². The quantitative estimate of drug-likeness (QED) is 0.921. The van der Waals surface area contributed by atoms with E-state index in [1.54, 1.807) is 0 Å². The number of rotatable bonds is 3. The fourth-order valence-electron chi connectivity index (χ4n) is 2.84. The fraction of sp³-hybridized carbons (Fsp3) is 0.533. The summed E-state index contributed by atoms with van der Waals surface area (Å²) in [5.74, 6) is 0.997. The Kier molecular flexibility index (Phi) is 3.42. The molecular formula is C15H21N3O. The lowest BCUT2D eigenvalue weighted by molar-refractivity contribution is 0.0915. The third-order valence-electron chi connectivity index (χ3n) is 4.05. The maximum atomic E-state index is 6.21. The van der Waals surface area contributed by atoms with Crippen molar-refractivity contribution in [3.05, 3.63) is 23.9 Å². The zero-order valence-corrected chi connectivity index (χ0v) is 11.6. The minimum atomic E-state index is 0.316. The van der Waals surface area contributed by atoms with Crippen molar-refractivity contribution in [2.45, 2.75) is 32.8 Å². The van der Waals surface area contributed by atoms with Gasteiger partial charge >= 0.3 is 0 Å². The molecule has 4 heteroatoms. The van der Waals surface area contributed by atoms with E-state index in [1.165, 1.54) is 18.5 Å². The molecule has 1 N–H and O–H groups in total. The standard InChI is InChI=1S/C15H21N3O/c1-3-18-8-4-5-12(10-18)19-15-7-6-14-13(11(15)2)9-16-17-14/h6-7,9,12H,3-5,8,10H2,1-2H3,(H,16,17). The number of nitrogens with zero attached hydrogens (tertiary/aromatic N) is 2. The van der Waals surface area contributed by atoms with Gasteiger partial charge in [0.05, 0.1) is 11.7 Å². The summed E-state index contributed by atoms with van der Waals surface area (Å²) in [5, 5.41) is 8.23. The Balaban J connectivity index is 1.79. The molecule has 0 saturated carbocycles. The van der Waals surface area contributed by atoms with Gasteiger partial charge in [0.25, 0.3) is 0 Å². The highest BCUT2D eigenvalue weighted by Gasteiger charge is 2.21. The molecular weight excluding hydrogens is 238 g/mol. The molecule has 19 heavy (non-hydrogen) atoms. The molecule has 1 atom stereocenters. The number of nitrogens with one attached hydrogen (secondary N) is 1. The number of aryl methyl sites for hydroxylation is 1. The zero-order chi connectivity index (χ0) is 13.2. The van der Waals surface area contributed by atoms with E-state index in [-0.39, 0.29) is 0 Å². The number of H-pyrrole nitrogens is 1. The van der Waals surface area contributed by atoms with Crippen LogP contribution in [0.4, 0.5) is 0 Å². The van der Waals surface area contributed by atoms with Crippen LogP contribution in [-0.4, -0.2) is 40.8 Å². The van der Waals surface area contributed by atoms with Crippen molar-refractivity contribution in [2.75, 3.05) is 19.6 Å². The van der Waals surface area contributed by atoms with Gasteiger partial charge in [0.2, 0.25) is 0 Å². The molecule has 1 aromatic heterocycles. The highest BCUT2D eigenvalue weighted by molar-refractivity contribution is 5.83. The van der Waals surface area contributed by atoms with Crippen molar-refractivity contribution in [3.8, 4) is 5.75 Å². The molecule has 4 nitrogen and oxygen atoms in total. The van der Waals surface area contributed by atoms with Crippen LogP contribution < -0.4 is 4.74 Å². The molecule has 1 aromatic carbocycles. The molecule has 1 aliphatic heterocycles. The molecule has 0 amide bonds. The maximum absolute atomic E-state index is 6.21. The molecule has 2 aromatic rings. The summed E-state index contributed by atoms with van der Waals surface area (Å²) < 4.78 is 6.21. The van der Waals surface area contributed by atoms with Crippen LogP contribution in [0.2, 0.25) is 0 Å². The Morgan fingerprint density at radius 3 is 3.21 bits per heavy atom.